The molecule has 8 aliphatic rings. The van der Waals surface area contributed by atoms with Crippen molar-refractivity contribution in [2.24, 2.45) is 17.4 Å². The Hall–Kier alpha value is -12.0. The van der Waals surface area contributed by atoms with Crippen molar-refractivity contribution in [2.75, 3.05) is 52.9 Å². The summed E-state index contributed by atoms with van der Waals surface area (Å²) < 4.78 is 44.6. The first-order valence-corrected chi connectivity index (χ1v) is 44.3. The lowest BCUT2D eigenvalue weighted by Crippen LogP contribution is -2.66. The molecule has 18 atom stereocenters. The molecule has 15 rings (SSSR count). The molecular weight excluding hydrogens is 1780 g/mol. The van der Waals surface area contributed by atoms with Crippen LogP contribution in [0.4, 0.5) is 0 Å². The number of phenolic OH excluding ortho intramolecular Hbond substituents is 4. The van der Waals surface area contributed by atoms with Gasteiger partial charge < -0.3 is 159 Å². The van der Waals surface area contributed by atoms with Crippen molar-refractivity contribution in [3.8, 4) is 80.1 Å². The number of phenols is 4. The molecule has 8 amide bonds. The lowest BCUT2D eigenvalue weighted by atomic mass is 9.89. The number of carboxylic acids is 1. The van der Waals surface area contributed by atoms with Gasteiger partial charge in [0.25, 0.3) is 0 Å². The molecule has 7 aromatic rings. The van der Waals surface area contributed by atoms with Crippen LogP contribution in [0.2, 0.25) is 10.0 Å². The number of carboxylic acid groups (broad SMARTS) is 1. The predicted molar refractivity (Wildman–Crippen MR) is 473 cm³/mol. The van der Waals surface area contributed by atoms with E-state index in [0.29, 0.717) is 69.9 Å². The number of rotatable bonds is 27. The Labute approximate surface area is 771 Å². The Morgan fingerprint density at radius 1 is 0.556 bits per heavy atom. The monoisotopic (exact) mass is 1890 g/mol. The average Bonchev–Trinajstić information content (AvgIpc) is 0.773. The minimum absolute atomic E-state index is 0.132. The van der Waals surface area contributed by atoms with Crippen LogP contribution in [0, 0.1) is 5.92 Å². The van der Waals surface area contributed by atoms with E-state index in [4.69, 9.17) is 67.8 Å². The summed E-state index contributed by atoms with van der Waals surface area (Å²) in [6.07, 6.45) is -15.9. The van der Waals surface area contributed by atoms with Gasteiger partial charge in [-0.2, -0.15) is 0 Å². The van der Waals surface area contributed by atoms with Crippen LogP contribution >= 0.6 is 23.2 Å². The van der Waals surface area contributed by atoms with Crippen LogP contribution in [0.15, 0.2) is 115 Å². The van der Waals surface area contributed by atoms with Crippen molar-refractivity contribution >= 4 is 76.4 Å². The summed E-state index contributed by atoms with van der Waals surface area (Å²) in [5.74, 6) is -17.7. The topological polar surface area (TPSA) is 625 Å². The molecule has 7 aromatic carbocycles. The Morgan fingerprint density at radius 3 is 1.89 bits per heavy atom. The Morgan fingerprint density at radius 2 is 1.20 bits per heavy atom. The fourth-order valence-corrected chi connectivity index (χ4v) is 17.1. The van der Waals surface area contributed by atoms with Crippen LogP contribution in [0.3, 0.4) is 0 Å². The van der Waals surface area contributed by atoms with Gasteiger partial charge in [0.05, 0.1) is 16.7 Å². The number of aromatic hydroxyl groups is 4. The third-order valence-corrected chi connectivity index (χ3v) is 24.4. The van der Waals surface area contributed by atoms with Gasteiger partial charge in [0, 0.05) is 48.2 Å². The van der Waals surface area contributed by atoms with Crippen LogP contribution in [0.5, 0.6) is 69.0 Å². The number of ether oxygens (including phenoxy) is 7. The van der Waals surface area contributed by atoms with E-state index in [1.807, 2.05) is 0 Å². The number of nitrogens with two attached hydrogens (primary N) is 2. The Balaban J connectivity index is 1.04. The third-order valence-electron chi connectivity index (χ3n) is 23.7. The van der Waals surface area contributed by atoms with Crippen LogP contribution in [0.1, 0.15) is 153 Å². The highest BCUT2D eigenvalue weighted by atomic mass is 35.5. The standard InChI is InChI=1S/C91H108Cl2N12O28/c1-41(2)12-7-5-4-6-8-13-64(111)99-73-76(114)78(116)81(89(125)126)133-90(73)132-80-61-34-46-35-62(80)129-58-23-18-45(32-53(58)92)74(112)72-88(124)103-70(83(119)97-26-11-29-105(27-9-24-94)28-10-25-95)51-36-47(107)37-60(130-91-79(117)77(115)75(113)63(40-106)131-91)65(51)50-31-43(16-21-55(50)108)68(85(121)104-72)100-86(122)69(46)101-87(123)71-52-38-49(39-57(110)66(52)93)128-59-33-44(17-22-56(59)109)67(96-3)84(120)98-54(82(118)102-71)30-42-14-19-48(127-61)20-15-42/h14-23,31-39,41,54,63,67-79,81,90-91,96,106-110,112-117H,4-13,24-30,40,94-95H2,1-3H3,(H,97,119)(H,98,120)(H,99,111)(H,100,122)(H,101,123)(H,102,118)(H,103,124)(H,104,121)(H,125,126)/t54-,63-,67-,68-,69-,70-,71+,72+,73-,74-,75-,76-,77+,78+,79+,81+,90-,91+/m1/s1. The van der Waals surface area contributed by atoms with Gasteiger partial charge in [-0.1, -0.05) is 99.5 Å². The molecule has 2 fully saturated rings. The number of nitrogens with zero attached hydrogens (tertiary/aromatic N) is 1. The molecule has 2 saturated heterocycles. The Kier molecular flexibility index (Phi) is 32.5. The number of carbonyl (C=O) groups is 9. The van der Waals surface area contributed by atoms with E-state index in [-0.39, 0.29) is 47.8 Å². The minimum Gasteiger partial charge on any atom is -0.508 e. The summed E-state index contributed by atoms with van der Waals surface area (Å²) in [4.78, 5) is 141. The maximum absolute atomic E-state index is 16.9. The zero-order valence-corrected chi connectivity index (χ0v) is 73.9. The highest BCUT2D eigenvalue weighted by molar-refractivity contribution is 6.33. The average molecular weight is 1890 g/mol. The normalized spacial score (nSPS) is 25.3. The summed E-state index contributed by atoms with van der Waals surface area (Å²) in [6.45, 7) is 5.32. The number of likely N-dealkylation sites (N-methyl/N-ethyl adjacent to an activating group) is 1. The van der Waals surface area contributed by atoms with Gasteiger partial charge in [-0.15, -0.1) is 0 Å². The highest BCUT2D eigenvalue weighted by Gasteiger charge is 2.52. The molecule has 0 aromatic heterocycles. The molecule has 17 bridgehead atoms. The second-order valence-corrected chi connectivity index (χ2v) is 34.5. The van der Waals surface area contributed by atoms with Crippen molar-refractivity contribution in [3.05, 3.63) is 164 Å². The van der Waals surface area contributed by atoms with E-state index in [1.54, 1.807) is 0 Å². The van der Waals surface area contributed by atoms with Gasteiger partial charge in [-0.05, 0) is 178 Å². The van der Waals surface area contributed by atoms with Gasteiger partial charge >= 0.3 is 5.97 Å². The Bertz CT molecular complexity index is 5440. The number of nitrogens with one attached hydrogen (secondary N) is 9. The largest absolute Gasteiger partial charge is 0.508 e. The highest BCUT2D eigenvalue weighted by Crippen LogP contribution is 2.51. The summed E-state index contributed by atoms with van der Waals surface area (Å²) >= 11 is 14.4. The van der Waals surface area contributed by atoms with Crippen LogP contribution in [-0.4, -0.2) is 246 Å². The molecule has 40 nitrogen and oxygen atoms in total. The smallest absolute Gasteiger partial charge is 0.335 e. The molecule has 0 spiro atoms. The molecule has 8 heterocycles. The van der Waals surface area contributed by atoms with E-state index in [9.17, 15) is 75.7 Å². The number of halogens is 2. The first kappa shape index (κ1) is 98.5. The first-order chi connectivity index (χ1) is 63.6. The van der Waals surface area contributed by atoms with Crippen molar-refractivity contribution < 1.29 is 138 Å². The summed E-state index contributed by atoms with van der Waals surface area (Å²) in [5.41, 5.74) is 9.01. The van der Waals surface area contributed by atoms with E-state index in [0.717, 1.165) is 98.5 Å². The molecule has 714 valence electrons. The van der Waals surface area contributed by atoms with Crippen LogP contribution in [0.25, 0.3) is 11.1 Å². The number of hydrogen-bond donors (Lipinski definition) is 23. The predicted octanol–water partition coefficient (Wildman–Crippen LogP) is 3.22. The van der Waals surface area contributed by atoms with Crippen molar-refractivity contribution in [1.82, 2.24) is 52.8 Å². The number of unbranched alkanes of at least 4 members (excludes halogenated alkanes) is 4. The molecule has 0 unspecified atom stereocenters. The van der Waals surface area contributed by atoms with Gasteiger partial charge in [0.15, 0.2) is 29.1 Å². The maximum atomic E-state index is 16.9. The zero-order chi connectivity index (χ0) is 95.5. The summed E-state index contributed by atoms with van der Waals surface area (Å²) in [7, 11) is 1.43. The van der Waals surface area contributed by atoms with E-state index >= 15 is 28.8 Å². The molecular formula is C91H108Cl2N12O28. The number of benzene rings is 7. The number of hydrogen-bond acceptors (Lipinski definition) is 31. The zero-order valence-electron chi connectivity index (χ0n) is 72.4. The third kappa shape index (κ3) is 22.9. The molecule has 0 saturated carbocycles. The minimum atomic E-state index is -2.46. The molecule has 8 aliphatic heterocycles. The lowest BCUT2D eigenvalue weighted by Gasteiger charge is -2.41. The fourth-order valence-electron chi connectivity index (χ4n) is 16.6. The number of carbonyl (C=O) groups excluding carboxylic acids is 8. The van der Waals surface area contributed by atoms with Crippen molar-refractivity contribution in [3.63, 3.8) is 0 Å². The van der Waals surface area contributed by atoms with Crippen molar-refractivity contribution in [2.45, 2.75) is 194 Å². The quantitative estimate of drug-likeness (QED) is 0.0329. The summed E-state index contributed by atoms with van der Waals surface area (Å²) in [6, 6.07) is 5.54. The number of fused-ring (bicyclic) bond motifs is 14. The number of amides is 8. The molecule has 0 aliphatic carbocycles. The van der Waals surface area contributed by atoms with Crippen molar-refractivity contribution in [1.29, 1.82) is 0 Å². The number of aliphatic hydroxyl groups is 7. The van der Waals surface area contributed by atoms with Gasteiger partial charge in [-0.25, -0.2) is 4.79 Å². The SMILES string of the molecule is CN[C@H]1C(=O)N[C@@H]2Cc3ccc(cc3)Oc3cc4cc(c3O[C@@H]3O[C@H](C(=O)O)[C@@H](O)[C@H](O)[C@H]3NC(=O)CCCCCCCC(C)C)Oc3ccc(cc3Cl)[C@@H](O)[C@@H]3NC(=O)[C@H](NC(=O)[C@@H]4NC(=O)[C@@H](NC2=O)c2cc(cc(O)c2Cl)Oc2cc1ccc2O)c1ccc(O)c(c1)-c1c(O[C@H]2O[C@H](CO)[C@@H](O)[C@H](O)[C@@H]2O)cc(O)cc1[C@H](C(=O)NCCCN(CCCN)CCCN)NC3=O. The second kappa shape index (κ2) is 43.8. The van der Waals surface area contributed by atoms with Gasteiger partial charge in [0.2, 0.25) is 65.6 Å². The maximum Gasteiger partial charge on any atom is 0.335 e. The number of aliphatic carboxylic acids is 1. The summed E-state index contributed by atoms with van der Waals surface area (Å²) in [5, 5.41) is 162. The van der Waals surface area contributed by atoms with E-state index < -0.39 is 271 Å². The second-order valence-electron chi connectivity index (χ2n) is 33.7. The fraction of sp³-hybridized carbons (Fsp3) is 0.440. The molecule has 0 radical (unpaired) electrons. The molecule has 25 N–H and O–H groups in total. The van der Waals surface area contributed by atoms with Crippen LogP contribution in [-0.2, 0) is 59.0 Å². The molecule has 42 heteroatoms. The van der Waals surface area contributed by atoms with E-state index in [1.165, 1.54) is 49.5 Å². The number of aliphatic hydroxyl groups excluding tert-OH is 7. The van der Waals surface area contributed by atoms with Crippen LogP contribution < -0.4 is 83.0 Å². The lowest BCUT2D eigenvalue weighted by molar-refractivity contribution is -0.277. The van der Waals surface area contributed by atoms with E-state index in [2.05, 4.69) is 66.6 Å². The van der Waals surface area contributed by atoms with Gasteiger partial charge in [-0.3, -0.25) is 38.4 Å². The first-order valence-electron chi connectivity index (χ1n) is 43.6. The molecule has 133 heavy (non-hydrogen) atoms. The van der Waals surface area contributed by atoms with Gasteiger partial charge in [0.1, 0.15) is 131 Å².